The highest BCUT2D eigenvalue weighted by Crippen LogP contribution is 2.18. The van der Waals surface area contributed by atoms with Crippen LogP contribution >= 0.6 is 0 Å². The van der Waals surface area contributed by atoms with E-state index in [9.17, 15) is 4.39 Å². The highest BCUT2D eigenvalue weighted by molar-refractivity contribution is 5.51. The van der Waals surface area contributed by atoms with E-state index in [1.807, 2.05) is 37.3 Å². The third kappa shape index (κ3) is 3.81. The summed E-state index contributed by atoms with van der Waals surface area (Å²) in [6.45, 7) is 5.73. The largest absolute Gasteiger partial charge is 0.381 e. The molecule has 2 rings (SSSR count). The first-order valence-electron chi connectivity index (χ1n) is 6.85. The predicted molar refractivity (Wildman–Crippen MR) is 80.2 cm³/mol. The van der Waals surface area contributed by atoms with E-state index in [2.05, 4.69) is 5.32 Å². The average Bonchev–Trinajstić information content (AvgIpc) is 2.47. The molecule has 0 aliphatic rings. The lowest BCUT2D eigenvalue weighted by atomic mass is 10.1. The van der Waals surface area contributed by atoms with Gasteiger partial charge in [0.05, 0.1) is 6.61 Å². The normalized spacial score (nSPS) is 10.6. The maximum absolute atomic E-state index is 13.2. The van der Waals surface area contributed by atoms with Gasteiger partial charge in [0, 0.05) is 24.4 Å². The van der Waals surface area contributed by atoms with Gasteiger partial charge in [-0.2, -0.15) is 0 Å². The molecule has 0 aromatic heterocycles. The first kappa shape index (κ1) is 14.5. The summed E-state index contributed by atoms with van der Waals surface area (Å²) in [4.78, 5) is 0. The van der Waals surface area contributed by atoms with Crippen molar-refractivity contribution in [2.45, 2.75) is 27.0 Å². The van der Waals surface area contributed by atoms with Crippen molar-refractivity contribution in [1.29, 1.82) is 0 Å². The number of para-hydroxylation sites is 1. The fraction of sp³-hybridized carbons (Fsp3) is 0.294. The van der Waals surface area contributed by atoms with Crippen molar-refractivity contribution in [2.24, 2.45) is 0 Å². The number of benzene rings is 2. The van der Waals surface area contributed by atoms with E-state index in [0.29, 0.717) is 25.3 Å². The van der Waals surface area contributed by atoms with Crippen molar-refractivity contribution in [3.8, 4) is 0 Å². The molecule has 0 heterocycles. The Hall–Kier alpha value is -1.87. The van der Waals surface area contributed by atoms with Crippen LogP contribution in [0.2, 0.25) is 0 Å². The SMILES string of the molecule is CCOCc1ccccc1NCc1ccc(F)c(C)c1. The van der Waals surface area contributed by atoms with Crippen LogP contribution in [0, 0.1) is 12.7 Å². The van der Waals surface area contributed by atoms with Gasteiger partial charge in [0.25, 0.3) is 0 Å². The van der Waals surface area contributed by atoms with Gasteiger partial charge < -0.3 is 10.1 Å². The highest BCUT2D eigenvalue weighted by Gasteiger charge is 2.03. The van der Waals surface area contributed by atoms with Gasteiger partial charge >= 0.3 is 0 Å². The summed E-state index contributed by atoms with van der Waals surface area (Å²) in [6.07, 6.45) is 0. The lowest BCUT2D eigenvalue weighted by Gasteiger charge is -2.12. The number of nitrogens with one attached hydrogen (secondary N) is 1. The molecule has 0 spiro atoms. The van der Waals surface area contributed by atoms with Crippen LogP contribution in [0.5, 0.6) is 0 Å². The molecule has 0 radical (unpaired) electrons. The molecule has 0 fully saturated rings. The van der Waals surface area contributed by atoms with Crippen LogP contribution in [0.4, 0.5) is 10.1 Å². The van der Waals surface area contributed by atoms with E-state index in [0.717, 1.165) is 16.8 Å². The molecular formula is C17H20FNO. The number of rotatable bonds is 6. The van der Waals surface area contributed by atoms with Crippen LogP contribution in [-0.4, -0.2) is 6.61 Å². The summed E-state index contributed by atoms with van der Waals surface area (Å²) in [5.74, 6) is -0.162. The molecule has 106 valence electrons. The van der Waals surface area contributed by atoms with Gasteiger partial charge in [-0.05, 0) is 37.1 Å². The zero-order chi connectivity index (χ0) is 14.4. The van der Waals surface area contributed by atoms with E-state index in [1.165, 1.54) is 6.07 Å². The molecule has 0 aliphatic heterocycles. The van der Waals surface area contributed by atoms with Gasteiger partial charge in [-0.15, -0.1) is 0 Å². The molecule has 3 heteroatoms. The quantitative estimate of drug-likeness (QED) is 0.848. The number of anilines is 1. The van der Waals surface area contributed by atoms with Crippen molar-refractivity contribution in [1.82, 2.24) is 0 Å². The molecule has 20 heavy (non-hydrogen) atoms. The monoisotopic (exact) mass is 273 g/mol. The number of ether oxygens (including phenoxy) is 1. The Morgan fingerprint density at radius 3 is 2.70 bits per heavy atom. The zero-order valence-electron chi connectivity index (χ0n) is 11.9. The molecule has 0 amide bonds. The summed E-state index contributed by atoms with van der Waals surface area (Å²) < 4.78 is 18.7. The van der Waals surface area contributed by atoms with Gasteiger partial charge in [0.15, 0.2) is 0 Å². The summed E-state index contributed by atoms with van der Waals surface area (Å²) in [5, 5.41) is 3.38. The van der Waals surface area contributed by atoms with E-state index in [1.54, 1.807) is 13.0 Å². The lowest BCUT2D eigenvalue weighted by molar-refractivity contribution is 0.134. The van der Waals surface area contributed by atoms with Crippen LogP contribution < -0.4 is 5.32 Å². The maximum Gasteiger partial charge on any atom is 0.126 e. The van der Waals surface area contributed by atoms with Crippen LogP contribution in [0.1, 0.15) is 23.6 Å². The standard InChI is InChI=1S/C17H20FNO/c1-3-20-12-15-6-4-5-7-17(15)19-11-14-8-9-16(18)13(2)10-14/h4-10,19H,3,11-12H2,1-2H3. The van der Waals surface area contributed by atoms with Crippen molar-refractivity contribution >= 4 is 5.69 Å². The topological polar surface area (TPSA) is 21.3 Å². The molecule has 0 unspecified atom stereocenters. The molecule has 2 aromatic rings. The van der Waals surface area contributed by atoms with Gasteiger partial charge in [0.1, 0.15) is 5.82 Å². The summed E-state index contributed by atoms with van der Waals surface area (Å²) in [6, 6.07) is 13.3. The Kier molecular flexibility index (Phi) is 5.13. The van der Waals surface area contributed by atoms with Crippen molar-refractivity contribution in [3.63, 3.8) is 0 Å². The number of halogens is 1. The Bertz CT molecular complexity index is 569. The second-order valence-electron chi connectivity index (χ2n) is 4.73. The lowest BCUT2D eigenvalue weighted by Crippen LogP contribution is -2.04. The molecular weight excluding hydrogens is 253 g/mol. The molecule has 0 saturated heterocycles. The van der Waals surface area contributed by atoms with Gasteiger partial charge in [-0.1, -0.05) is 30.3 Å². The number of hydrogen-bond acceptors (Lipinski definition) is 2. The molecule has 2 aromatic carbocycles. The summed E-state index contributed by atoms with van der Waals surface area (Å²) in [5.41, 5.74) is 3.93. The van der Waals surface area contributed by atoms with E-state index < -0.39 is 0 Å². The van der Waals surface area contributed by atoms with E-state index in [4.69, 9.17) is 4.74 Å². The first-order valence-corrected chi connectivity index (χ1v) is 6.85. The fourth-order valence-electron chi connectivity index (χ4n) is 2.04. The summed E-state index contributed by atoms with van der Waals surface area (Å²) >= 11 is 0. The Balaban J connectivity index is 2.04. The second kappa shape index (κ2) is 7.06. The fourth-order valence-corrected chi connectivity index (χ4v) is 2.04. The third-order valence-corrected chi connectivity index (χ3v) is 3.18. The van der Waals surface area contributed by atoms with E-state index in [-0.39, 0.29) is 5.82 Å². The molecule has 0 aliphatic carbocycles. The molecule has 2 nitrogen and oxygen atoms in total. The van der Waals surface area contributed by atoms with Crippen LogP contribution in [0.15, 0.2) is 42.5 Å². The Morgan fingerprint density at radius 2 is 1.95 bits per heavy atom. The van der Waals surface area contributed by atoms with Crippen molar-refractivity contribution in [2.75, 3.05) is 11.9 Å². The van der Waals surface area contributed by atoms with Crippen molar-refractivity contribution < 1.29 is 9.13 Å². The third-order valence-electron chi connectivity index (χ3n) is 3.18. The van der Waals surface area contributed by atoms with Crippen molar-refractivity contribution in [3.05, 3.63) is 65.0 Å². The van der Waals surface area contributed by atoms with Gasteiger partial charge in [-0.3, -0.25) is 0 Å². The van der Waals surface area contributed by atoms with E-state index >= 15 is 0 Å². The first-order chi connectivity index (χ1) is 9.70. The second-order valence-corrected chi connectivity index (χ2v) is 4.73. The molecule has 0 atom stereocenters. The average molecular weight is 273 g/mol. The minimum atomic E-state index is -0.162. The minimum absolute atomic E-state index is 0.162. The minimum Gasteiger partial charge on any atom is -0.381 e. The number of hydrogen-bond donors (Lipinski definition) is 1. The molecule has 1 N–H and O–H groups in total. The maximum atomic E-state index is 13.2. The van der Waals surface area contributed by atoms with Crippen LogP contribution in [-0.2, 0) is 17.9 Å². The zero-order valence-corrected chi connectivity index (χ0v) is 11.9. The number of aryl methyl sites for hydroxylation is 1. The Morgan fingerprint density at radius 1 is 1.15 bits per heavy atom. The molecule has 0 saturated carbocycles. The van der Waals surface area contributed by atoms with Gasteiger partial charge in [-0.25, -0.2) is 4.39 Å². The molecule has 0 bridgehead atoms. The predicted octanol–water partition coefficient (Wildman–Crippen LogP) is 4.28. The van der Waals surface area contributed by atoms with Crippen LogP contribution in [0.25, 0.3) is 0 Å². The van der Waals surface area contributed by atoms with Gasteiger partial charge in [0.2, 0.25) is 0 Å². The Labute approximate surface area is 119 Å². The smallest absolute Gasteiger partial charge is 0.126 e. The van der Waals surface area contributed by atoms with Crippen LogP contribution in [0.3, 0.4) is 0 Å². The highest BCUT2D eigenvalue weighted by atomic mass is 19.1. The summed E-state index contributed by atoms with van der Waals surface area (Å²) in [7, 11) is 0.